The molecule has 3 rings (SSSR count). The Morgan fingerprint density at radius 1 is 1.44 bits per heavy atom. The third-order valence-corrected chi connectivity index (χ3v) is 4.39. The molecule has 3 nitrogen and oxygen atoms in total. The van der Waals surface area contributed by atoms with E-state index in [-0.39, 0.29) is 0 Å². The van der Waals surface area contributed by atoms with Crippen molar-refractivity contribution in [3.63, 3.8) is 0 Å². The summed E-state index contributed by atoms with van der Waals surface area (Å²) in [6.07, 6.45) is 4.95. The fourth-order valence-electron chi connectivity index (χ4n) is 2.34. The number of nitrogens with one attached hydrogen (secondary N) is 1. The van der Waals surface area contributed by atoms with E-state index < -0.39 is 0 Å². The van der Waals surface area contributed by atoms with E-state index in [9.17, 15) is 0 Å². The fraction of sp³-hybridized carbons (Fsp3) is 0.667. The molecule has 1 aromatic rings. The summed E-state index contributed by atoms with van der Waals surface area (Å²) in [4.78, 5) is 0. The molecule has 4 heteroatoms. The van der Waals surface area contributed by atoms with Crippen molar-refractivity contribution in [2.24, 2.45) is 0 Å². The van der Waals surface area contributed by atoms with Crippen molar-refractivity contribution in [2.45, 2.75) is 30.5 Å². The number of aryl methyl sites for hydroxylation is 1. The Hall–Kier alpha value is -0.450. The first-order valence-corrected chi connectivity index (χ1v) is 7.06. The highest BCUT2D eigenvalue weighted by atomic mass is 32.2. The van der Waals surface area contributed by atoms with Crippen LogP contribution in [-0.2, 0) is 11.3 Å². The van der Waals surface area contributed by atoms with Gasteiger partial charge in [0.25, 0.3) is 0 Å². The van der Waals surface area contributed by atoms with Crippen LogP contribution in [0.25, 0.3) is 0 Å². The van der Waals surface area contributed by atoms with E-state index in [1.165, 1.54) is 35.7 Å². The zero-order valence-corrected chi connectivity index (χ0v) is 10.3. The predicted molar refractivity (Wildman–Crippen MR) is 66.0 cm³/mol. The van der Waals surface area contributed by atoms with Gasteiger partial charge in [-0.3, -0.25) is 0 Å². The summed E-state index contributed by atoms with van der Waals surface area (Å²) < 4.78 is 7.92. The molecule has 1 saturated heterocycles. The van der Waals surface area contributed by atoms with Crippen LogP contribution in [0.4, 0.5) is 0 Å². The molecular weight excluding hydrogens is 220 g/mol. The maximum atomic E-state index is 5.51. The molecule has 16 heavy (non-hydrogen) atoms. The second kappa shape index (κ2) is 4.82. The molecule has 1 unspecified atom stereocenters. The zero-order chi connectivity index (χ0) is 10.8. The molecule has 1 fully saturated rings. The van der Waals surface area contributed by atoms with Gasteiger partial charge in [-0.1, -0.05) is 0 Å². The summed E-state index contributed by atoms with van der Waals surface area (Å²) in [5.41, 5.74) is 1.39. The van der Waals surface area contributed by atoms with E-state index in [0.29, 0.717) is 6.04 Å². The first-order valence-electron chi connectivity index (χ1n) is 6.07. The van der Waals surface area contributed by atoms with Gasteiger partial charge in [-0.15, -0.1) is 11.8 Å². The van der Waals surface area contributed by atoms with E-state index in [2.05, 4.69) is 22.1 Å². The summed E-state index contributed by atoms with van der Waals surface area (Å²) in [5, 5.41) is 4.94. The van der Waals surface area contributed by atoms with Crippen molar-refractivity contribution in [3.05, 3.63) is 17.8 Å². The zero-order valence-electron chi connectivity index (χ0n) is 9.45. The van der Waals surface area contributed by atoms with Crippen LogP contribution < -0.4 is 5.32 Å². The summed E-state index contributed by atoms with van der Waals surface area (Å²) >= 11 is 1.99. The van der Waals surface area contributed by atoms with E-state index in [1.807, 2.05) is 11.8 Å². The molecule has 0 saturated carbocycles. The Balaban J connectivity index is 1.80. The van der Waals surface area contributed by atoms with Gasteiger partial charge in [-0.25, -0.2) is 0 Å². The molecular formula is C12H18N2OS. The predicted octanol–water partition coefficient (Wildman–Crippen LogP) is 2.03. The molecule has 0 spiro atoms. The smallest absolute Gasteiger partial charge is 0.0751 e. The maximum Gasteiger partial charge on any atom is 0.0751 e. The molecule has 0 aliphatic carbocycles. The Morgan fingerprint density at radius 2 is 2.44 bits per heavy atom. The minimum atomic E-state index is 0.397. The molecule has 88 valence electrons. The molecule has 0 amide bonds. The molecule has 1 N–H and O–H groups in total. The first-order chi connectivity index (χ1) is 7.93. The summed E-state index contributed by atoms with van der Waals surface area (Å²) in [6, 6.07) is 2.73. The number of nitrogens with zero attached hydrogens (tertiary/aromatic N) is 1. The highest BCUT2D eigenvalue weighted by Gasteiger charge is 2.19. The summed E-state index contributed by atoms with van der Waals surface area (Å²) in [7, 11) is 0. The van der Waals surface area contributed by atoms with Crippen molar-refractivity contribution in [2.75, 3.05) is 25.5 Å². The van der Waals surface area contributed by atoms with E-state index in [4.69, 9.17) is 4.74 Å². The number of hydrogen-bond donors (Lipinski definition) is 1. The van der Waals surface area contributed by atoms with E-state index >= 15 is 0 Å². The fourth-order valence-corrected chi connectivity index (χ4v) is 3.42. The first kappa shape index (κ1) is 10.7. The number of thioether (sulfide) groups is 1. The molecule has 3 heterocycles. The van der Waals surface area contributed by atoms with Crippen LogP contribution in [-0.4, -0.2) is 30.1 Å². The monoisotopic (exact) mass is 238 g/mol. The lowest BCUT2D eigenvalue weighted by molar-refractivity contribution is 0.0768. The van der Waals surface area contributed by atoms with Gasteiger partial charge in [-0.2, -0.15) is 0 Å². The van der Waals surface area contributed by atoms with E-state index in [0.717, 1.165) is 19.8 Å². The average molecular weight is 238 g/mol. The lowest BCUT2D eigenvalue weighted by atomic mass is 10.1. The van der Waals surface area contributed by atoms with Crippen molar-refractivity contribution >= 4 is 11.8 Å². The highest BCUT2D eigenvalue weighted by molar-refractivity contribution is 7.99. The van der Waals surface area contributed by atoms with Crippen molar-refractivity contribution in [1.82, 2.24) is 9.88 Å². The summed E-state index contributed by atoms with van der Waals surface area (Å²) in [6.45, 7) is 3.81. The largest absolute Gasteiger partial charge is 0.378 e. The third kappa shape index (κ3) is 2.14. The van der Waals surface area contributed by atoms with Crippen molar-refractivity contribution in [3.8, 4) is 0 Å². The Morgan fingerprint density at radius 3 is 3.31 bits per heavy atom. The van der Waals surface area contributed by atoms with Gasteiger partial charge in [0.1, 0.15) is 0 Å². The standard InChI is InChI=1S/C12H18N2OS/c1-2-6-16-12-7-10(8-14(12)4-1)11-9-15-5-3-13-11/h7-8,11,13H,1-6,9H2. The van der Waals surface area contributed by atoms with Crippen LogP contribution in [0.5, 0.6) is 0 Å². The van der Waals surface area contributed by atoms with Crippen LogP contribution in [0.1, 0.15) is 24.4 Å². The highest BCUT2D eigenvalue weighted by Crippen LogP contribution is 2.29. The van der Waals surface area contributed by atoms with E-state index in [1.54, 1.807) is 0 Å². The lowest BCUT2D eigenvalue weighted by Crippen LogP contribution is -2.34. The maximum absolute atomic E-state index is 5.51. The van der Waals surface area contributed by atoms with Gasteiger partial charge in [0, 0.05) is 19.3 Å². The quantitative estimate of drug-likeness (QED) is 0.811. The Bertz CT molecular complexity index is 334. The van der Waals surface area contributed by atoms with Gasteiger partial charge in [0.15, 0.2) is 0 Å². The number of rotatable bonds is 1. The Kier molecular flexibility index (Phi) is 3.22. The number of ether oxygens (including phenoxy) is 1. The van der Waals surface area contributed by atoms with Gasteiger partial charge in [0.05, 0.1) is 24.3 Å². The average Bonchev–Trinajstić information content (AvgIpc) is 2.62. The lowest BCUT2D eigenvalue weighted by Gasteiger charge is -2.22. The van der Waals surface area contributed by atoms with Crippen LogP contribution in [0.3, 0.4) is 0 Å². The van der Waals surface area contributed by atoms with Crippen molar-refractivity contribution in [1.29, 1.82) is 0 Å². The van der Waals surface area contributed by atoms with Gasteiger partial charge < -0.3 is 14.6 Å². The molecule has 2 aliphatic rings. The topological polar surface area (TPSA) is 26.2 Å². The second-order valence-electron chi connectivity index (χ2n) is 4.44. The van der Waals surface area contributed by atoms with Crippen LogP contribution in [0, 0.1) is 0 Å². The van der Waals surface area contributed by atoms with Crippen LogP contribution >= 0.6 is 11.8 Å². The van der Waals surface area contributed by atoms with Crippen LogP contribution in [0.15, 0.2) is 17.3 Å². The molecule has 0 radical (unpaired) electrons. The number of morpholine rings is 1. The molecule has 0 bridgehead atoms. The second-order valence-corrected chi connectivity index (χ2v) is 5.56. The number of aromatic nitrogens is 1. The van der Waals surface area contributed by atoms with Gasteiger partial charge in [0.2, 0.25) is 0 Å². The number of hydrogen-bond acceptors (Lipinski definition) is 3. The molecule has 0 aromatic carbocycles. The number of fused-ring (bicyclic) bond motifs is 1. The summed E-state index contributed by atoms with van der Waals surface area (Å²) in [5.74, 6) is 1.26. The van der Waals surface area contributed by atoms with Gasteiger partial charge >= 0.3 is 0 Å². The van der Waals surface area contributed by atoms with Crippen LogP contribution in [0.2, 0.25) is 0 Å². The molecule has 1 aromatic heterocycles. The Labute approximate surface area is 101 Å². The minimum absolute atomic E-state index is 0.397. The normalized spacial score (nSPS) is 26.1. The third-order valence-electron chi connectivity index (χ3n) is 3.25. The van der Waals surface area contributed by atoms with Crippen molar-refractivity contribution < 1.29 is 4.74 Å². The molecule has 2 aliphatic heterocycles. The SMILES string of the molecule is c1c(C2COCCN2)cn2c1SCCCC2. The molecule has 1 atom stereocenters. The minimum Gasteiger partial charge on any atom is -0.378 e. The van der Waals surface area contributed by atoms with Gasteiger partial charge in [-0.05, 0) is 30.2 Å².